The number of hydrogen-bond donors (Lipinski definition) is 1. The van der Waals surface area contributed by atoms with Crippen LogP contribution in [0.5, 0.6) is 0 Å². The third-order valence-electron chi connectivity index (χ3n) is 2.75. The molecule has 0 fully saturated rings. The number of nitrogens with zero attached hydrogens (tertiary/aromatic N) is 2. The van der Waals surface area contributed by atoms with Gasteiger partial charge in [0.2, 0.25) is 0 Å². The summed E-state index contributed by atoms with van der Waals surface area (Å²) in [7, 11) is 0. The Balaban J connectivity index is 2.13. The van der Waals surface area contributed by atoms with Crippen LogP contribution in [0.25, 0.3) is 0 Å². The second-order valence-electron chi connectivity index (χ2n) is 4.24. The topological polar surface area (TPSA) is 46.9 Å². The van der Waals surface area contributed by atoms with Gasteiger partial charge in [-0.1, -0.05) is 48.9 Å². The van der Waals surface area contributed by atoms with E-state index in [1.165, 1.54) is 4.68 Å². The zero-order valence-corrected chi connectivity index (χ0v) is 11.5. The molecule has 0 spiro atoms. The SMILES string of the molecule is CCCn1ncc(NCc2ccccc2)c(Cl)c1=O. The first kappa shape index (κ1) is 13.6. The van der Waals surface area contributed by atoms with Crippen LogP contribution in [0.1, 0.15) is 18.9 Å². The predicted octanol–water partition coefficient (Wildman–Crippen LogP) is 2.92. The van der Waals surface area contributed by atoms with Gasteiger partial charge in [0.25, 0.3) is 5.56 Å². The Morgan fingerprint density at radius 1 is 1.32 bits per heavy atom. The monoisotopic (exact) mass is 277 g/mol. The molecule has 4 nitrogen and oxygen atoms in total. The Hall–Kier alpha value is -1.81. The van der Waals surface area contributed by atoms with E-state index in [0.29, 0.717) is 18.8 Å². The van der Waals surface area contributed by atoms with E-state index in [-0.39, 0.29) is 10.6 Å². The molecule has 2 rings (SSSR count). The second kappa shape index (κ2) is 6.38. The quantitative estimate of drug-likeness (QED) is 0.914. The minimum Gasteiger partial charge on any atom is -0.378 e. The van der Waals surface area contributed by atoms with Crippen molar-refractivity contribution in [1.82, 2.24) is 9.78 Å². The Labute approximate surface area is 117 Å². The normalized spacial score (nSPS) is 10.4. The van der Waals surface area contributed by atoms with Crippen molar-refractivity contribution >= 4 is 17.3 Å². The average molecular weight is 278 g/mol. The van der Waals surface area contributed by atoms with Crippen molar-refractivity contribution in [1.29, 1.82) is 0 Å². The molecule has 0 aliphatic rings. The van der Waals surface area contributed by atoms with Crippen molar-refractivity contribution in [3.8, 4) is 0 Å². The van der Waals surface area contributed by atoms with Crippen LogP contribution in [-0.4, -0.2) is 9.78 Å². The van der Waals surface area contributed by atoms with Gasteiger partial charge in [0.15, 0.2) is 0 Å². The summed E-state index contributed by atoms with van der Waals surface area (Å²) >= 11 is 6.06. The summed E-state index contributed by atoms with van der Waals surface area (Å²) in [6.07, 6.45) is 2.45. The minimum atomic E-state index is -0.249. The Morgan fingerprint density at radius 2 is 2.05 bits per heavy atom. The number of benzene rings is 1. The fourth-order valence-electron chi connectivity index (χ4n) is 1.75. The molecule has 1 aromatic carbocycles. The summed E-state index contributed by atoms with van der Waals surface area (Å²) in [5.41, 5.74) is 1.45. The molecule has 2 aromatic rings. The maximum absolute atomic E-state index is 11.9. The maximum atomic E-state index is 11.9. The van der Waals surface area contributed by atoms with Crippen LogP contribution in [0, 0.1) is 0 Å². The third kappa shape index (κ3) is 3.35. The van der Waals surface area contributed by atoms with E-state index in [0.717, 1.165) is 12.0 Å². The van der Waals surface area contributed by atoms with Crippen molar-refractivity contribution in [3.05, 3.63) is 57.5 Å². The number of aromatic nitrogens is 2. The highest BCUT2D eigenvalue weighted by molar-refractivity contribution is 6.32. The molecular weight excluding hydrogens is 262 g/mol. The fraction of sp³-hybridized carbons (Fsp3) is 0.286. The van der Waals surface area contributed by atoms with Gasteiger partial charge >= 0.3 is 0 Å². The molecule has 0 radical (unpaired) electrons. The van der Waals surface area contributed by atoms with Crippen molar-refractivity contribution in [2.75, 3.05) is 5.32 Å². The molecule has 0 aliphatic heterocycles. The molecule has 19 heavy (non-hydrogen) atoms. The second-order valence-corrected chi connectivity index (χ2v) is 4.62. The Kier molecular flexibility index (Phi) is 4.58. The van der Waals surface area contributed by atoms with Gasteiger partial charge in [0.1, 0.15) is 5.02 Å². The van der Waals surface area contributed by atoms with Gasteiger partial charge in [0.05, 0.1) is 11.9 Å². The first-order chi connectivity index (χ1) is 9.22. The number of halogens is 1. The lowest BCUT2D eigenvalue weighted by molar-refractivity contribution is 0.568. The third-order valence-corrected chi connectivity index (χ3v) is 3.11. The van der Waals surface area contributed by atoms with E-state index >= 15 is 0 Å². The van der Waals surface area contributed by atoms with Gasteiger partial charge in [-0.2, -0.15) is 5.10 Å². The van der Waals surface area contributed by atoms with Gasteiger partial charge in [-0.15, -0.1) is 0 Å². The summed E-state index contributed by atoms with van der Waals surface area (Å²) in [5, 5.41) is 7.42. The molecule has 1 N–H and O–H groups in total. The van der Waals surface area contributed by atoms with Crippen LogP contribution in [-0.2, 0) is 13.1 Å². The summed E-state index contributed by atoms with van der Waals surface area (Å²) in [6, 6.07) is 9.91. The molecule has 0 unspecified atom stereocenters. The van der Waals surface area contributed by atoms with E-state index in [2.05, 4.69) is 10.4 Å². The largest absolute Gasteiger partial charge is 0.378 e. The zero-order valence-electron chi connectivity index (χ0n) is 10.8. The summed E-state index contributed by atoms with van der Waals surface area (Å²) < 4.78 is 1.38. The molecule has 1 heterocycles. The number of nitrogens with one attached hydrogen (secondary N) is 1. The van der Waals surface area contributed by atoms with Crippen molar-refractivity contribution in [3.63, 3.8) is 0 Å². The molecule has 0 atom stereocenters. The van der Waals surface area contributed by atoms with Gasteiger partial charge in [-0.05, 0) is 12.0 Å². The molecule has 100 valence electrons. The molecule has 1 aromatic heterocycles. The first-order valence-corrected chi connectivity index (χ1v) is 6.63. The molecule has 0 aliphatic carbocycles. The summed E-state index contributed by atoms with van der Waals surface area (Å²) in [6.45, 7) is 3.18. The molecule has 0 saturated carbocycles. The molecule has 0 bridgehead atoms. The van der Waals surface area contributed by atoms with Crippen LogP contribution >= 0.6 is 11.6 Å². The predicted molar refractivity (Wildman–Crippen MR) is 77.6 cm³/mol. The number of rotatable bonds is 5. The van der Waals surface area contributed by atoms with E-state index < -0.39 is 0 Å². The van der Waals surface area contributed by atoms with E-state index in [1.807, 2.05) is 37.3 Å². The van der Waals surface area contributed by atoms with Gasteiger partial charge < -0.3 is 5.32 Å². The van der Waals surface area contributed by atoms with Crippen molar-refractivity contribution in [2.45, 2.75) is 26.4 Å². The maximum Gasteiger partial charge on any atom is 0.287 e. The highest BCUT2D eigenvalue weighted by Gasteiger charge is 2.08. The lowest BCUT2D eigenvalue weighted by atomic mass is 10.2. The molecule has 0 amide bonds. The van der Waals surface area contributed by atoms with Gasteiger partial charge in [0, 0.05) is 13.1 Å². The Bertz CT molecular complexity index is 595. The van der Waals surface area contributed by atoms with Crippen LogP contribution in [0.15, 0.2) is 41.3 Å². The van der Waals surface area contributed by atoms with Gasteiger partial charge in [-0.25, -0.2) is 4.68 Å². The van der Waals surface area contributed by atoms with E-state index in [9.17, 15) is 4.79 Å². The lowest BCUT2D eigenvalue weighted by Gasteiger charge is -2.09. The van der Waals surface area contributed by atoms with E-state index in [1.54, 1.807) is 6.20 Å². The smallest absolute Gasteiger partial charge is 0.287 e. The number of anilines is 1. The number of hydrogen-bond acceptors (Lipinski definition) is 3. The minimum absolute atomic E-state index is 0.194. The van der Waals surface area contributed by atoms with Gasteiger partial charge in [-0.3, -0.25) is 4.79 Å². The zero-order chi connectivity index (χ0) is 13.7. The van der Waals surface area contributed by atoms with E-state index in [4.69, 9.17) is 11.6 Å². The van der Waals surface area contributed by atoms with Crippen LogP contribution in [0.4, 0.5) is 5.69 Å². The highest BCUT2D eigenvalue weighted by atomic mass is 35.5. The first-order valence-electron chi connectivity index (χ1n) is 6.25. The standard InChI is InChI=1S/C14H16ClN3O/c1-2-8-18-14(19)13(15)12(10-17-18)16-9-11-6-4-3-5-7-11/h3-7,10,16H,2,8-9H2,1H3. The number of aryl methyl sites for hydroxylation is 1. The Morgan fingerprint density at radius 3 is 2.74 bits per heavy atom. The average Bonchev–Trinajstić information content (AvgIpc) is 2.44. The molecular formula is C14H16ClN3O. The summed E-state index contributed by atoms with van der Waals surface area (Å²) in [5.74, 6) is 0. The van der Waals surface area contributed by atoms with Crippen molar-refractivity contribution < 1.29 is 0 Å². The van der Waals surface area contributed by atoms with Crippen LogP contribution in [0.2, 0.25) is 5.02 Å². The van der Waals surface area contributed by atoms with Crippen LogP contribution < -0.4 is 10.9 Å². The van der Waals surface area contributed by atoms with Crippen LogP contribution in [0.3, 0.4) is 0 Å². The molecule has 0 saturated heterocycles. The van der Waals surface area contributed by atoms with Crippen molar-refractivity contribution in [2.24, 2.45) is 0 Å². The lowest BCUT2D eigenvalue weighted by Crippen LogP contribution is -2.24. The summed E-state index contributed by atoms with van der Waals surface area (Å²) in [4.78, 5) is 11.9. The highest BCUT2D eigenvalue weighted by Crippen LogP contribution is 2.16. The fourth-order valence-corrected chi connectivity index (χ4v) is 1.97. The molecule has 5 heteroatoms.